The van der Waals surface area contributed by atoms with Crippen molar-refractivity contribution in [2.75, 3.05) is 5.75 Å². The molecule has 1 rings (SSSR count). The highest BCUT2D eigenvalue weighted by Crippen LogP contribution is 2.26. The number of hydrogen-bond donors (Lipinski definition) is 2. The van der Waals surface area contributed by atoms with Gasteiger partial charge in [-0.2, -0.15) is 8.42 Å². The molecule has 0 bridgehead atoms. The van der Waals surface area contributed by atoms with Crippen molar-refractivity contribution >= 4 is 22.0 Å². The molecule has 0 aromatic rings. The molecule has 110 valence electrons. The van der Waals surface area contributed by atoms with Crippen LogP contribution < -0.4 is 5.32 Å². The zero-order valence-corrected chi connectivity index (χ0v) is 11.8. The molecule has 1 aliphatic heterocycles. The fourth-order valence-corrected chi connectivity index (χ4v) is 2.93. The van der Waals surface area contributed by atoms with E-state index in [1.54, 1.807) is 6.92 Å². The number of esters is 1. The summed E-state index contributed by atoms with van der Waals surface area (Å²) in [6, 6.07) is 0. The van der Waals surface area contributed by atoms with E-state index in [0.29, 0.717) is 19.3 Å². The normalized spacial score (nSPS) is 22.7. The van der Waals surface area contributed by atoms with Crippen LogP contribution in [-0.2, 0) is 24.4 Å². The second kappa shape index (κ2) is 5.87. The van der Waals surface area contributed by atoms with Gasteiger partial charge in [0.1, 0.15) is 6.10 Å². The number of rotatable bonds is 6. The molecular formula is C11H19NO6S. The van der Waals surface area contributed by atoms with Crippen molar-refractivity contribution in [3.8, 4) is 0 Å². The largest absolute Gasteiger partial charge is 0.462 e. The fraction of sp³-hybridized carbons (Fsp3) is 0.818. The Morgan fingerprint density at radius 2 is 2.21 bits per heavy atom. The van der Waals surface area contributed by atoms with Gasteiger partial charge in [0, 0.05) is 25.3 Å². The molecule has 1 aliphatic rings. The lowest BCUT2D eigenvalue weighted by atomic mass is 9.90. The van der Waals surface area contributed by atoms with E-state index in [1.165, 1.54) is 6.92 Å². The van der Waals surface area contributed by atoms with Crippen molar-refractivity contribution in [3.05, 3.63) is 0 Å². The minimum absolute atomic E-state index is 0.0550. The molecule has 2 atom stereocenters. The second-order valence-electron chi connectivity index (χ2n) is 5.13. The molecule has 1 fully saturated rings. The predicted molar refractivity (Wildman–Crippen MR) is 67.0 cm³/mol. The van der Waals surface area contributed by atoms with Crippen LogP contribution >= 0.6 is 0 Å². The Morgan fingerprint density at radius 1 is 1.58 bits per heavy atom. The van der Waals surface area contributed by atoms with Gasteiger partial charge in [0.05, 0.1) is 5.75 Å². The maximum atomic E-state index is 11.2. The molecule has 0 saturated carbocycles. The van der Waals surface area contributed by atoms with Crippen LogP contribution in [0, 0.1) is 0 Å². The molecule has 2 N–H and O–H groups in total. The minimum Gasteiger partial charge on any atom is -0.462 e. The fourth-order valence-electron chi connectivity index (χ4n) is 2.22. The zero-order valence-electron chi connectivity index (χ0n) is 11.0. The molecule has 7 nitrogen and oxygen atoms in total. The minimum atomic E-state index is -4.10. The monoisotopic (exact) mass is 293 g/mol. The molecule has 1 heterocycles. The molecule has 0 aromatic carbocycles. The third-order valence-corrected chi connectivity index (χ3v) is 3.76. The quantitative estimate of drug-likeness (QED) is 0.537. The van der Waals surface area contributed by atoms with Crippen molar-refractivity contribution in [3.63, 3.8) is 0 Å². The van der Waals surface area contributed by atoms with E-state index >= 15 is 0 Å². The first-order valence-electron chi connectivity index (χ1n) is 6.03. The molecule has 1 amide bonds. The van der Waals surface area contributed by atoms with Gasteiger partial charge >= 0.3 is 5.97 Å². The lowest BCUT2D eigenvalue weighted by Crippen LogP contribution is -2.48. The Bertz CT molecular complexity index is 460. The van der Waals surface area contributed by atoms with E-state index in [4.69, 9.17) is 9.29 Å². The summed E-state index contributed by atoms with van der Waals surface area (Å²) in [4.78, 5) is 22.2. The predicted octanol–water partition coefficient (Wildman–Crippen LogP) is 0.255. The van der Waals surface area contributed by atoms with Crippen molar-refractivity contribution < 1.29 is 27.3 Å². The van der Waals surface area contributed by atoms with Crippen LogP contribution in [0.3, 0.4) is 0 Å². The number of amides is 1. The maximum Gasteiger partial charge on any atom is 0.306 e. The first-order chi connectivity index (χ1) is 8.60. The number of cyclic esters (lactones) is 1. The summed E-state index contributed by atoms with van der Waals surface area (Å²) >= 11 is 0. The number of ether oxygens (including phenoxy) is 1. The van der Waals surface area contributed by atoms with Gasteiger partial charge in [0.15, 0.2) is 0 Å². The van der Waals surface area contributed by atoms with Crippen LogP contribution in [0.2, 0.25) is 0 Å². The van der Waals surface area contributed by atoms with Crippen LogP contribution in [0.1, 0.15) is 39.5 Å². The van der Waals surface area contributed by atoms with Crippen molar-refractivity contribution in [2.45, 2.75) is 51.2 Å². The first-order valence-corrected chi connectivity index (χ1v) is 7.64. The van der Waals surface area contributed by atoms with Crippen molar-refractivity contribution in [1.82, 2.24) is 5.32 Å². The molecule has 0 radical (unpaired) electrons. The molecular weight excluding hydrogens is 274 g/mol. The lowest BCUT2D eigenvalue weighted by molar-refractivity contribution is -0.142. The van der Waals surface area contributed by atoms with Gasteiger partial charge in [-0.15, -0.1) is 0 Å². The highest BCUT2D eigenvalue weighted by atomic mass is 32.2. The molecule has 0 aliphatic carbocycles. The topological polar surface area (TPSA) is 110 Å². The van der Waals surface area contributed by atoms with Crippen molar-refractivity contribution in [1.29, 1.82) is 0 Å². The van der Waals surface area contributed by atoms with Gasteiger partial charge in [-0.3, -0.25) is 14.1 Å². The molecule has 0 aromatic heterocycles. The second-order valence-corrected chi connectivity index (χ2v) is 6.70. The maximum absolute atomic E-state index is 11.2. The Balaban J connectivity index is 2.68. The molecule has 2 unspecified atom stereocenters. The first kappa shape index (κ1) is 15.9. The Labute approximate surface area is 112 Å². The van der Waals surface area contributed by atoms with Gasteiger partial charge in [-0.05, 0) is 19.8 Å². The van der Waals surface area contributed by atoms with E-state index < -0.39 is 21.4 Å². The van der Waals surface area contributed by atoms with Crippen LogP contribution in [0.15, 0.2) is 0 Å². The van der Waals surface area contributed by atoms with Gasteiger partial charge < -0.3 is 10.1 Å². The van der Waals surface area contributed by atoms with E-state index in [9.17, 15) is 18.0 Å². The SMILES string of the molecule is CC(=O)NC(C)(CCS(=O)(=O)O)CC1CCC(=O)O1. The number of hydrogen-bond acceptors (Lipinski definition) is 5. The Hall–Kier alpha value is -1.15. The number of nitrogens with one attached hydrogen (secondary N) is 1. The Morgan fingerprint density at radius 3 is 2.63 bits per heavy atom. The number of carbonyl (C=O) groups excluding carboxylic acids is 2. The third-order valence-electron chi connectivity index (χ3n) is 3.04. The summed E-state index contributed by atoms with van der Waals surface area (Å²) in [6.07, 6.45) is 0.942. The summed E-state index contributed by atoms with van der Waals surface area (Å²) in [6.45, 7) is 3.00. The van der Waals surface area contributed by atoms with Gasteiger partial charge in [0.25, 0.3) is 10.1 Å². The van der Waals surface area contributed by atoms with Gasteiger partial charge in [0.2, 0.25) is 5.91 Å². The summed E-state index contributed by atoms with van der Waals surface area (Å²) in [7, 11) is -4.10. The average molecular weight is 293 g/mol. The average Bonchev–Trinajstić information content (AvgIpc) is 2.59. The summed E-state index contributed by atoms with van der Waals surface area (Å²) in [5.74, 6) is -1.04. The number of carbonyl (C=O) groups is 2. The van der Waals surface area contributed by atoms with E-state index in [2.05, 4.69) is 5.32 Å². The standard InChI is InChI=1S/C11H19NO6S/c1-8(13)12-11(2,5-6-19(15,16)17)7-9-3-4-10(14)18-9/h9H,3-7H2,1-2H3,(H,12,13)(H,15,16,17). The lowest BCUT2D eigenvalue weighted by Gasteiger charge is -2.32. The summed E-state index contributed by atoms with van der Waals surface area (Å²) in [5, 5.41) is 2.66. The van der Waals surface area contributed by atoms with E-state index in [0.717, 1.165) is 0 Å². The smallest absolute Gasteiger partial charge is 0.306 e. The van der Waals surface area contributed by atoms with Crippen molar-refractivity contribution in [2.24, 2.45) is 0 Å². The molecule has 1 saturated heterocycles. The molecule has 0 spiro atoms. The van der Waals surface area contributed by atoms with Gasteiger partial charge in [-0.1, -0.05) is 0 Å². The van der Waals surface area contributed by atoms with Crippen LogP contribution in [0.25, 0.3) is 0 Å². The third kappa shape index (κ3) is 6.02. The highest BCUT2D eigenvalue weighted by molar-refractivity contribution is 7.85. The van der Waals surface area contributed by atoms with Gasteiger partial charge in [-0.25, -0.2) is 0 Å². The highest BCUT2D eigenvalue weighted by Gasteiger charge is 2.34. The van der Waals surface area contributed by atoms with Crippen LogP contribution in [0.5, 0.6) is 0 Å². The van der Waals surface area contributed by atoms with Crippen LogP contribution in [-0.4, -0.2) is 42.2 Å². The van der Waals surface area contributed by atoms with E-state index in [1.807, 2.05) is 0 Å². The zero-order chi connectivity index (χ0) is 14.7. The van der Waals surface area contributed by atoms with Crippen LogP contribution in [0.4, 0.5) is 0 Å². The summed E-state index contributed by atoms with van der Waals surface area (Å²) < 4.78 is 35.5. The molecule has 19 heavy (non-hydrogen) atoms. The van der Waals surface area contributed by atoms with E-state index in [-0.39, 0.29) is 24.4 Å². The Kier molecular flexibility index (Phi) is 4.92. The molecule has 8 heteroatoms. The summed E-state index contributed by atoms with van der Waals surface area (Å²) in [5.41, 5.74) is -0.836.